The molecular formula is C17H25NO7. The molecule has 1 heterocycles. The van der Waals surface area contributed by atoms with E-state index >= 15 is 0 Å². The van der Waals surface area contributed by atoms with Crippen molar-refractivity contribution >= 4 is 23.8 Å². The molecular weight excluding hydrogens is 330 g/mol. The molecule has 0 aliphatic carbocycles. The zero-order valence-corrected chi connectivity index (χ0v) is 14.9. The van der Waals surface area contributed by atoms with Crippen LogP contribution in [0.1, 0.15) is 46.5 Å². The number of hydrogen-bond donors (Lipinski definition) is 1. The van der Waals surface area contributed by atoms with Gasteiger partial charge in [-0.25, -0.2) is 9.59 Å². The van der Waals surface area contributed by atoms with Gasteiger partial charge in [0.15, 0.2) is 0 Å². The maximum Gasteiger partial charge on any atom is 0.355 e. The van der Waals surface area contributed by atoms with Crippen LogP contribution in [0, 0.1) is 5.92 Å². The van der Waals surface area contributed by atoms with Crippen molar-refractivity contribution in [3.8, 4) is 0 Å². The highest BCUT2D eigenvalue weighted by molar-refractivity contribution is 6.05. The van der Waals surface area contributed by atoms with E-state index in [1.807, 2.05) is 6.92 Å². The molecule has 0 saturated heterocycles. The Labute approximate surface area is 146 Å². The Balaban J connectivity index is 3.38. The second kappa shape index (κ2) is 9.80. The van der Waals surface area contributed by atoms with E-state index < -0.39 is 36.2 Å². The number of hydrogen-bond acceptors (Lipinski definition) is 6. The minimum atomic E-state index is -1.14. The van der Waals surface area contributed by atoms with Crippen molar-refractivity contribution in [1.82, 2.24) is 4.90 Å². The summed E-state index contributed by atoms with van der Waals surface area (Å²) in [6, 6.07) is 0. The molecule has 1 rings (SSSR count). The number of esters is 2. The minimum absolute atomic E-state index is 0.00209. The average molecular weight is 355 g/mol. The van der Waals surface area contributed by atoms with Crippen molar-refractivity contribution in [3.05, 3.63) is 11.3 Å². The van der Waals surface area contributed by atoms with Gasteiger partial charge in [-0.05, 0) is 26.7 Å². The largest absolute Gasteiger partial charge is 0.481 e. The lowest BCUT2D eigenvalue weighted by molar-refractivity contribution is -0.150. The van der Waals surface area contributed by atoms with Crippen LogP contribution in [0.25, 0.3) is 0 Å². The van der Waals surface area contributed by atoms with E-state index in [4.69, 9.17) is 14.6 Å². The molecule has 1 aliphatic rings. The average Bonchev–Trinajstić information content (AvgIpc) is 2.55. The molecule has 0 bridgehead atoms. The lowest BCUT2D eigenvalue weighted by Gasteiger charge is -2.34. The summed E-state index contributed by atoms with van der Waals surface area (Å²) in [5.41, 5.74) is -0.123. The number of rotatable bonds is 9. The molecule has 1 aliphatic heterocycles. The molecule has 8 heteroatoms. The Morgan fingerprint density at radius 1 is 1.12 bits per heavy atom. The summed E-state index contributed by atoms with van der Waals surface area (Å²) in [6.45, 7) is 5.57. The van der Waals surface area contributed by atoms with Crippen molar-refractivity contribution < 1.29 is 33.8 Å². The standard InChI is InChI=1S/C17H25NO7/c1-4-7-8-18-14(17(23)25-6-3)12(16(22)24-5-2)9-11(15(18)21)10-13(19)20/h11H,4-10H2,1-3H3,(H,19,20). The normalized spacial score (nSPS) is 17.5. The van der Waals surface area contributed by atoms with Gasteiger partial charge in [0.05, 0.1) is 31.1 Å². The van der Waals surface area contributed by atoms with E-state index in [2.05, 4.69) is 0 Å². The second-order valence-corrected chi connectivity index (χ2v) is 5.61. The van der Waals surface area contributed by atoms with Crippen LogP contribution in [0.5, 0.6) is 0 Å². The molecule has 1 unspecified atom stereocenters. The molecule has 0 radical (unpaired) electrons. The van der Waals surface area contributed by atoms with Gasteiger partial charge >= 0.3 is 17.9 Å². The minimum Gasteiger partial charge on any atom is -0.481 e. The first-order valence-corrected chi connectivity index (χ1v) is 8.47. The van der Waals surface area contributed by atoms with Gasteiger partial charge in [0.1, 0.15) is 5.70 Å². The molecule has 0 aromatic carbocycles. The molecule has 1 N–H and O–H groups in total. The van der Waals surface area contributed by atoms with E-state index in [1.165, 1.54) is 4.90 Å². The van der Waals surface area contributed by atoms with Gasteiger partial charge in [-0.1, -0.05) is 13.3 Å². The third-order valence-electron chi connectivity index (χ3n) is 3.77. The zero-order valence-electron chi connectivity index (χ0n) is 14.9. The number of aliphatic carboxylic acids is 1. The van der Waals surface area contributed by atoms with Crippen molar-refractivity contribution in [2.45, 2.75) is 46.5 Å². The van der Waals surface area contributed by atoms with E-state index in [0.717, 1.165) is 6.42 Å². The van der Waals surface area contributed by atoms with Gasteiger partial charge in [-0.2, -0.15) is 0 Å². The number of carboxylic acids is 1. The molecule has 0 spiro atoms. The summed E-state index contributed by atoms with van der Waals surface area (Å²) in [4.78, 5) is 49.6. The van der Waals surface area contributed by atoms with Crippen LogP contribution >= 0.6 is 0 Å². The van der Waals surface area contributed by atoms with Crippen LogP contribution < -0.4 is 0 Å². The summed E-state index contributed by atoms with van der Waals surface area (Å²) in [5.74, 6) is -4.03. The first kappa shape index (κ1) is 20.7. The van der Waals surface area contributed by atoms with Gasteiger partial charge < -0.3 is 19.5 Å². The predicted octanol–water partition coefficient (Wildman–Crippen LogP) is 1.49. The Morgan fingerprint density at radius 3 is 2.24 bits per heavy atom. The van der Waals surface area contributed by atoms with Crippen LogP contribution in [-0.2, 0) is 28.7 Å². The number of amides is 1. The van der Waals surface area contributed by atoms with Crippen LogP contribution in [0.15, 0.2) is 11.3 Å². The molecule has 25 heavy (non-hydrogen) atoms. The van der Waals surface area contributed by atoms with Crippen LogP contribution in [0.2, 0.25) is 0 Å². The van der Waals surface area contributed by atoms with E-state index in [1.54, 1.807) is 13.8 Å². The molecule has 140 valence electrons. The molecule has 8 nitrogen and oxygen atoms in total. The van der Waals surface area contributed by atoms with E-state index in [9.17, 15) is 19.2 Å². The number of nitrogens with zero attached hydrogens (tertiary/aromatic N) is 1. The van der Waals surface area contributed by atoms with Gasteiger partial charge in [-0.15, -0.1) is 0 Å². The number of carbonyl (C=O) groups is 4. The molecule has 1 atom stereocenters. The lowest BCUT2D eigenvalue weighted by Crippen LogP contribution is -2.45. The summed E-state index contributed by atoms with van der Waals surface area (Å²) in [7, 11) is 0. The third-order valence-corrected chi connectivity index (χ3v) is 3.77. The van der Waals surface area contributed by atoms with E-state index in [0.29, 0.717) is 6.42 Å². The predicted molar refractivity (Wildman–Crippen MR) is 87.3 cm³/mol. The summed E-state index contributed by atoms with van der Waals surface area (Å²) in [6.07, 6.45) is 0.796. The summed E-state index contributed by atoms with van der Waals surface area (Å²) in [5, 5.41) is 9.04. The smallest absolute Gasteiger partial charge is 0.355 e. The Hall–Kier alpha value is -2.38. The van der Waals surface area contributed by atoms with Gasteiger partial charge in [0.2, 0.25) is 5.91 Å². The number of carbonyl (C=O) groups excluding carboxylic acids is 3. The Bertz CT molecular complexity index is 567. The van der Waals surface area contributed by atoms with Crippen molar-refractivity contribution in [2.75, 3.05) is 19.8 Å². The topological polar surface area (TPSA) is 110 Å². The first-order chi connectivity index (χ1) is 11.9. The lowest BCUT2D eigenvalue weighted by atomic mass is 9.88. The SMILES string of the molecule is CCCCN1C(=O)C(CC(=O)O)CC(C(=O)OCC)=C1C(=O)OCC. The van der Waals surface area contributed by atoms with Gasteiger partial charge in [0.25, 0.3) is 0 Å². The number of ether oxygens (including phenoxy) is 2. The molecule has 0 fully saturated rings. The van der Waals surface area contributed by atoms with Crippen molar-refractivity contribution in [2.24, 2.45) is 5.92 Å². The molecule has 1 amide bonds. The highest BCUT2D eigenvalue weighted by atomic mass is 16.5. The van der Waals surface area contributed by atoms with Crippen LogP contribution in [0.3, 0.4) is 0 Å². The fourth-order valence-corrected chi connectivity index (χ4v) is 2.66. The number of unbranched alkanes of at least 4 members (excludes halogenated alkanes) is 1. The first-order valence-electron chi connectivity index (χ1n) is 8.47. The maximum absolute atomic E-state index is 12.7. The van der Waals surface area contributed by atoms with E-state index in [-0.39, 0.29) is 37.4 Å². The Morgan fingerprint density at radius 2 is 1.72 bits per heavy atom. The number of carboxylic acid groups (broad SMARTS) is 1. The second-order valence-electron chi connectivity index (χ2n) is 5.61. The monoisotopic (exact) mass is 355 g/mol. The highest BCUT2D eigenvalue weighted by Crippen LogP contribution is 2.31. The molecule has 0 aromatic heterocycles. The summed E-state index contributed by atoms with van der Waals surface area (Å²) < 4.78 is 9.99. The molecule has 0 saturated carbocycles. The Kier molecular flexibility index (Phi) is 8.10. The van der Waals surface area contributed by atoms with Crippen LogP contribution in [-0.4, -0.2) is 53.6 Å². The molecule has 0 aromatic rings. The fraction of sp³-hybridized carbons (Fsp3) is 0.647. The zero-order chi connectivity index (χ0) is 19.0. The van der Waals surface area contributed by atoms with Crippen molar-refractivity contribution in [3.63, 3.8) is 0 Å². The quantitative estimate of drug-likeness (QED) is 0.624. The van der Waals surface area contributed by atoms with Crippen molar-refractivity contribution in [1.29, 1.82) is 0 Å². The summed E-state index contributed by atoms with van der Waals surface area (Å²) >= 11 is 0. The van der Waals surface area contributed by atoms with Gasteiger partial charge in [0, 0.05) is 6.54 Å². The van der Waals surface area contributed by atoms with Gasteiger partial charge in [-0.3, -0.25) is 9.59 Å². The highest BCUT2D eigenvalue weighted by Gasteiger charge is 2.41. The van der Waals surface area contributed by atoms with Crippen LogP contribution in [0.4, 0.5) is 0 Å². The maximum atomic E-state index is 12.7. The third kappa shape index (κ3) is 5.30. The fourth-order valence-electron chi connectivity index (χ4n) is 2.66.